The molecule has 4 rings (SSSR count). The summed E-state index contributed by atoms with van der Waals surface area (Å²) in [5.74, 6) is 2.86. The van der Waals surface area contributed by atoms with Crippen molar-refractivity contribution in [2.45, 2.75) is 13.1 Å². The highest BCUT2D eigenvalue weighted by molar-refractivity contribution is 7.99. The topological polar surface area (TPSA) is 63.5 Å². The molecule has 1 aromatic heterocycles. The minimum atomic E-state index is -0.0182. The molecule has 30 heavy (non-hydrogen) atoms. The molecule has 8 heteroatoms. The van der Waals surface area contributed by atoms with Gasteiger partial charge in [0.1, 0.15) is 5.75 Å². The van der Waals surface area contributed by atoms with Gasteiger partial charge >= 0.3 is 0 Å². The molecule has 1 saturated heterocycles. The molecule has 0 saturated carbocycles. The van der Waals surface area contributed by atoms with Gasteiger partial charge in [-0.05, 0) is 23.9 Å². The Morgan fingerprint density at radius 1 is 1.20 bits per heavy atom. The van der Waals surface area contributed by atoms with Crippen LogP contribution in [0.3, 0.4) is 0 Å². The first-order chi connectivity index (χ1) is 14.7. The molecule has 1 aliphatic rings. The monoisotopic (exact) mass is 425 g/mol. The van der Waals surface area contributed by atoms with Crippen LogP contribution in [0.1, 0.15) is 16.1 Å². The minimum absolute atomic E-state index is 0.0182. The number of rotatable bonds is 7. The van der Waals surface area contributed by atoms with E-state index in [9.17, 15) is 4.79 Å². The van der Waals surface area contributed by atoms with Gasteiger partial charge in [0, 0.05) is 43.2 Å². The number of likely N-dealkylation sites (N-methyl/N-ethyl adjacent to an activating group) is 1. The molecule has 0 unspecified atom stereocenters. The van der Waals surface area contributed by atoms with E-state index in [0.717, 1.165) is 43.4 Å². The predicted molar refractivity (Wildman–Crippen MR) is 120 cm³/mol. The summed E-state index contributed by atoms with van der Waals surface area (Å²) >= 11 is 1.88. The summed E-state index contributed by atoms with van der Waals surface area (Å²) in [7, 11) is 3.79. The molecule has 0 atom stereocenters. The number of methoxy groups -OCH3 is 1. The Kier molecular flexibility index (Phi) is 6.54. The number of hydrogen-bond acceptors (Lipinski definition) is 6. The molecule has 0 radical (unpaired) electrons. The first-order valence-electron chi connectivity index (χ1n) is 10.2. The maximum Gasteiger partial charge on any atom is 0.276 e. The van der Waals surface area contributed by atoms with Crippen LogP contribution in [-0.4, -0.2) is 76.0 Å². The second kappa shape index (κ2) is 9.49. The summed E-state index contributed by atoms with van der Waals surface area (Å²) in [6.07, 6.45) is 1.76. The van der Waals surface area contributed by atoms with E-state index < -0.39 is 0 Å². The number of hydrogen-bond donors (Lipinski definition) is 0. The molecule has 0 N–H and O–H groups in total. The highest BCUT2D eigenvalue weighted by Gasteiger charge is 2.21. The van der Waals surface area contributed by atoms with Gasteiger partial charge in [0.05, 0.1) is 19.9 Å². The van der Waals surface area contributed by atoms with Gasteiger partial charge < -0.3 is 14.5 Å². The van der Waals surface area contributed by atoms with Crippen LogP contribution in [0.25, 0.3) is 10.8 Å². The number of nitrogens with zero attached hydrogens (tertiary/aromatic N) is 5. The Hall–Kier alpha value is -2.58. The van der Waals surface area contributed by atoms with Crippen molar-refractivity contribution in [3.8, 4) is 5.75 Å². The van der Waals surface area contributed by atoms with E-state index in [0.29, 0.717) is 12.2 Å². The lowest BCUT2D eigenvalue weighted by atomic mass is 10.0. The number of aromatic nitrogens is 3. The number of amides is 1. The lowest BCUT2D eigenvalue weighted by molar-refractivity contribution is 0.0766. The summed E-state index contributed by atoms with van der Waals surface area (Å²) in [6, 6.07) is 12.5. The zero-order valence-electron chi connectivity index (χ0n) is 17.5. The Morgan fingerprint density at radius 2 is 2.00 bits per heavy atom. The Morgan fingerprint density at radius 3 is 2.80 bits per heavy atom. The summed E-state index contributed by atoms with van der Waals surface area (Å²) < 4.78 is 7.36. The summed E-state index contributed by atoms with van der Waals surface area (Å²) in [5.41, 5.74) is 1.61. The quantitative estimate of drug-likeness (QED) is 0.580. The smallest absolute Gasteiger partial charge is 0.276 e. The molecule has 7 nitrogen and oxygen atoms in total. The molecule has 1 aliphatic heterocycles. The van der Waals surface area contributed by atoms with Crippen LogP contribution in [0.5, 0.6) is 5.75 Å². The van der Waals surface area contributed by atoms with Crippen molar-refractivity contribution in [2.75, 3.05) is 45.3 Å². The van der Waals surface area contributed by atoms with E-state index in [1.807, 2.05) is 22.7 Å². The van der Waals surface area contributed by atoms with Crippen LogP contribution in [0, 0.1) is 0 Å². The molecule has 0 aliphatic carbocycles. The fourth-order valence-corrected chi connectivity index (χ4v) is 4.63. The van der Waals surface area contributed by atoms with Crippen LogP contribution in [0.15, 0.2) is 42.6 Å². The maximum atomic E-state index is 12.6. The van der Waals surface area contributed by atoms with Crippen molar-refractivity contribution in [2.24, 2.45) is 0 Å². The van der Waals surface area contributed by atoms with Gasteiger partial charge in [0.15, 0.2) is 5.69 Å². The van der Waals surface area contributed by atoms with Crippen molar-refractivity contribution in [3.63, 3.8) is 0 Å². The van der Waals surface area contributed by atoms with Gasteiger partial charge in [-0.3, -0.25) is 9.48 Å². The van der Waals surface area contributed by atoms with Crippen LogP contribution >= 0.6 is 11.8 Å². The molecule has 0 bridgehead atoms. The van der Waals surface area contributed by atoms with Crippen molar-refractivity contribution >= 4 is 28.4 Å². The third kappa shape index (κ3) is 4.60. The van der Waals surface area contributed by atoms with Gasteiger partial charge in [0.2, 0.25) is 0 Å². The molecule has 0 spiro atoms. The van der Waals surface area contributed by atoms with Crippen molar-refractivity contribution < 1.29 is 9.53 Å². The number of ether oxygens (including phenoxy) is 1. The van der Waals surface area contributed by atoms with Gasteiger partial charge in [0.25, 0.3) is 5.91 Å². The zero-order chi connectivity index (χ0) is 20.9. The Bertz CT molecular complexity index is 1020. The van der Waals surface area contributed by atoms with Crippen molar-refractivity contribution in [1.82, 2.24) is 24.8 Å². The average Bonchev–Trinajstić information content (AvgIpc) is 3.27. The molecule has 3 aromatic rings. The van der Waals surface area contributed by atoms with E-state index in [1.165, 1.54) is 16.3 Å². The second-order valence-corrected chi connectivity index (χ2v) is 8.70. The molecule has 2 aromatic carbocycles. The largest absolute Gasteiger partial charge is 0.496 e. The molecule has 1 amide bonds. The highest BCUT2D eigenvalue weighted by atomic mass is 32.2. The summed E-state index contributed by atoms with van der Waals surface area (Å²) in [6.45, 7) is 3.78. The molecular weight excluding hydrogens is 398 g/mol. The fourth-order valence-electron chi connectivity index (χ4n) is 3.73. The van der Waals surface area contributed by atoms with Crippen molar-refractivity contribution in [3.05, 3.63) is 53.9 Å². The molecule has 2 heterocycles. The Labute approximate surface area is 181 Å². The minimum Gasteiger partial charge on any atom is -0.496 e. The molecule has 158 valence electrons. The molecule has 1 fully saturated rings. The van der Waals surface area contributed by atoms with Crippen LogP contribution in [0.4, 0.5) is 0 Å². The first kappa shape index (κ1) is 20.7. The third-order valence-corrected chi connectivity index (χ3v) is 6.35. The van der Waals surface area contributed by atoms with Gasteiger partial charge in [-0.2, -0.15) is 11.8 Å². The van der Waals surface area contributed by atoms with Crippen molar-refractivity contribution in [1.29, 1.82) is 0 Å². The zero-order valence-corrected chi connectivity index (χ0v) is 18.3. The fraction of sp³-hybridized carbons (Fsp3) is 0.409. The summed E-state index contributed by atoms with van der Waals surface area (Å²) in [4.78, 5) is 16.7. The van der Waals surface area contributed by atoms with Crippen LogP contribution < -0.4 is 4.74 Å². The molecular formula is C22H27N5O2S. The number of benzene rings is 2. The Balaban J connectivity index is 1.39. The van der Waals surface area contributed by atoms with E-state index in [1.54, 1.807) is 18.0 Å². The maximum absolute atomic E-state index is 12.6. The third-order valence-electron chi connectivity index (χ3n) is 5.41. The normalized spacial score (nSPS) is 14.4. The van der Waals surface area contributed by atoms with Gasteiger partial charge in [-0.1, -0.05) is 35.5 Å². The average molecular weight is 426 g/mol. The lowest BCUT2D eigenvalue weighted by Crippen LogP contribution is -2.38. The SMILES string of the molecule is COc1ccc2ccccc2c1CN(C)CCn1cc(C(=O)N2CCSCC2)nn1. The van der Waals surface area contributed by atoms with E-state index in [2.05, 4.69) is 52.6 Å². The number of fused-ring (bicyclic) bond motifs is 1. The van der Waals surface area contributed by atoms with E-state index >= 15 is 0 Å². The van der Waals surface area contributed by atoms with Crippen LogP contribution in [-0.2, 0) is 13.1 Å². The first-order valence-corrected chi connectivity index (χ1v) is 11.3. The van der Waals surface area contributed by atoms with E-state index in [4.69, 9.17) is 4.74 Å². The number of carbonyl (C=O) groups is 1. The second-order valence-electron chi connectivity index (χ2n) is 7.48. The lowest BCUT2D eigenvalue weighted by Gasteiger charge is -2.25. The number of carbonyl (C=O) groups excluding carboxylic acids is 1. The van der Waals surface area contributed by atoms with E-state index in [-0.39, 0.29) is 5.91 Å². The highest BCUT2D eigenvalue weighted by Crippen LogP contribution is 2.28. The van der Waals surface area contributed by atoms with Gasteiger partial charge in [-0.15, -0.1) is 5.10 Å². The van der Waals surface area contributed by atoms with Crippen LogP contribution in [0.2, 0.25) is 0 Å². The standard InChI is InChI=1S/C22H27N5O2S/c1-25(15-19-18-6-4-3-5-17(18)7-8-21(19)29-2)9-10-27-16-20(23-24-27)22(28)26-11-13-30-14-12-26/h3-8,16H,9-15H2,1-2H3. The summed E-state index contributed by atoms with van der Waals surface area (Å²) in [5, 5.41) is 10.7. The predicted octanol–water partition coefficient (Wildman–Crippen LogP) is 2.76. The van der Waals surface area contributed by atoms with Gasteiger partial charge in [-0.25, -0.2) is 0 Å². The number of thioether (sulfide) groups is 1.